The van der Waals surface area contributed by atoms with Gasteiger partial charge in [-0.1, -0.05) is 37.9 Å². The van der Waals surface area contributed by atoms with Gasteiger partial charge in [-0.3, -0.25) is 9.59 Å². The number of benzene rings is 2. The third-order valence-electron chi connectivity index (χ3n) is 6.21. The molecule has 1 aromatic heterocycles. The van der Waals surface area contributed by atoms with Gasteiger partial charge in [-0.15, -0.1) is 0 Å². The molecule has 2 unspecified atom stereocenters. The molecule has 0 aliphatic rings. The molecule has 3 N–H and O–H groups in total. The predicted octanol–water partition coefficient (Wildman–Crippen LogP) is 6.53. The number of alkyl halides is 3. The molecule has 0 aliphatic heterocycles. The molecule has 0 spiro atoms. The minimum absolute atomic E-state index is 0.0231. The molecule has 0 radical (unpaired) electrons. The van der Waals surface area contributed by atoms with E-state index in [0.717, 1.165) is 24.2 Å². The van der Waals surface area contributed by atoms with Crippen LogP contribution < -0.4 is 15.4 Å². The summed E-state index contributed by atoms with van der Waals surface area (Å²) in [5.74, 6) is -0.751. The Morgan fingerprint density at radius 3 is 2.38 bits per heavy atom. The van der Waals surface area contributed by atoms with Crippen LogP contribution in [-0.2, 0) is 11.0 Å². The van der Waals surface area contributed by atoms with E-state index in [2.05, 4.69) is 29.5 Å². The number of aromatic nitrogens is 1. The van der Waals surface area contributed by atoms with Crippen LogP contribution in [0.3, 0.4) is 0 Å². The number of hydrogen-bond donors (Lipinski definition) is 3. The number of halogens is 4. The first kappa shape index (κ1) is 29.8. The number of rotatable bonds is 12. The number of anilines is 1. The number of ether oxygens (including phenoxy) is 1. The summed E-state index contributed by atoms with van der Waals surface area (Å²) in [4.78, 5) is 27.0. The van der Waals surface area contributed by atoms with Crippen molar-refractivity contribution in [1.29, 1.82) is 0 Å². The molecule has 0 fully saturated rings. The largest absolute Gasteiger partial charge is 0.481 e. The van der Waals surface area contributed by atoms with Gasteiger partial charge < -0.3 is 20.5 Å². The molecule has 0 bridgehead atoms. The Morgan fingerprint density at radius 2 is 1.82 bits per heavy atom. The SMILES string of the molecule is CCC(C)C(COc1ccc(-c2ccc(C(F)(F)F)cc2Cl)cn1)Nc1ccc(C(=O)NCCC(=O)O)cc1. The molecule has 0 aliphatic carbocycles. The number of nitrogens with one attached hydrogen (secondary N) is 2. The van der Waals surface area contributed by atoms with E-state index >= 15 is 0 Å². The zero-order chi connectivity index (χ0) is 28.6. The molecule has 1 heterocycles. The van der Waals surface area contributed by atoms with Crippen molar-refractivity contribution in [1.82, 2.24) is 10.3 Å². The van der Waals surface area contributed by atoms with E-state index in [1.165, 1.54) is 12.3 Å². The van der Waals surface area contributed by atoms with E-state index in [4.69, 9.17) is 21.4 Å². The smallest absolute Gasteiger partial charge is 0.416 e. The summed E-state index contributed by atoms with van der Waals surface area (Å²) >= 11 is 6.09. The highest BCUT2D eigenvalue weighted by Gasteiger charge is 2.31. The monoisotopic (exact) mass is 563 g/mol. The van der Waals surface area contributed by atoms with Crippen LogP contribution in [0.25, 0.3) is 11.1 Å². The van der Waals surface area contributed by atoms with Crippen molar-refractivity contribution in [3.8, 4) is 17.0 Å². The zero-order valence-corrected chi connectivity index (χ0v) is 22.1. The van der Waals surface area contributed by atoms with E-state index in [1.807, 2.05) is 0 Å². The van der Waals surface area contributed by atoms with Crippen LogP contribution in [0.5, 0.6) is 5.88 Å². The van der Waals surface area contributed by atoms with E-state index < -0.39 is 17.7 Å². The summed E-state index contributed by atoms with van der Waals surface area (Å²) in [7, 11) is 0. The Morgan fingerprint density at radius 1 is 1.10 bits per heavy atom. The fourth-order valence-electron chi connectivity index (χ4n) is 3.68. The van der Waals surface area contributed by atoms with Gasteiger partial charge in [0, 0.05) is 46.2 Å². The number of nitrogens with zero attached hydrogens (tertiary/aromatic N) is 1. The fraction of sp³-hybridized carbons (Fsp3) is 0.321. The Kier molecular flexibility index (Phi) is 10.2. The highest BCUT2D eigenvalue weighted by Crippen LogP contribution is 2.35. The van der Waals surface area contributed by atoms with Gasteiger partial charge in [-0.2, -0.15) is 13.2 Å². The highest BCUT2D eigenvalue weighted by atomic mass is 35.5. The standard InChI is InChI=1S/C28H29ClF3N3O4/c1-3-17(2)24(35-21-8-4-18(5-9-21)27(38)33-13-12-26(36)37)16-39-25-11-6-19(15-34-25)22-10-7-20(14-23(22)29)28(30,31)32/h4-11,14-15,17,24,35H,3,12-13,16H2,1-2H3,(H,33,38)(H,36,37). The lowest BCUT2D eigenvalue weighted by Gasteiger charge is -2.25. The molecular formula is C28H29ClF3N3O4. The molecule has 39 heavy (non-hydrogen) atoms. The van der Waals surface area contributed by atoms with E-state index in [9.17, 15) is 22.8 Å². The van der Waals surface area contributed by atoms with Gasteiger partial charge in [0.2, 0.25) is 5.88 Å². The third kappa shape index (κ3) is 8.61. The second-order valence-corrected chi connectivity index (χ2v) is 9.41. The minimum Gasteiger partial charge on any atom is -0.481 e. The molecule has 3 aromatic rings. The summed E-state index contributed by atoms with van der Waals surface area (Å²) < 4.78 is 44.6. The molecule has 0 saturated carbocycles. The summed E-state index contributed by atoms with van der Waals surface area (Å²) in [5.41, 5.74) is 1.37. The van der Waals surface area contributed by atoms with Gasteiger partial charge in [-0.25, -0.2) is 4.98 Å². The predicted molar refractivity (Wildman–Crippen MR) is 143 cm³/mol. The fourth-order valence-corrected chi connectivity index (χ4v) is 3.96. The number of carboxylic acids is 1. The number of amides is 1. The first-order chi connectivity index (χ1) is 18.5. The molecule has 208 valence electrons. The molecule has 3 rings (SSSR count). The zero-order valence-electron chi connectivity index (χ0n) is 21.4. The summed E-state index contributed by atoms with van der Waals surface area (Å²) in [6, 6.07) is 13.3. The van der Waals surface area contributed by atoms with Gasteiger partial charge in [-0.05, 0) is 48.4 Å². The first-order valence-electron chi connectivity index (χ1n) is 12.3. The summed E-state index contributed by atoms with van der Waals surface area (Å²) in [6.45, 7) is 4.48. The number of pyridine rings is 1. The van der Waals surface area contributed by atoms with Crippen LogP contribution in [0.15, 0.2) is 60.8 Å². The van der Waals surface area contributed by atoms with Crippen LogP contribution in [-0.4, -0.2) is 41.2 Å². The topological polar surface area (TPSA) is 101 Å². The second-order valence-electron chi connectivity index (χ2n) is 9.00. The van der Waals surface area contributed by atoms with Crippen LogP contribution in [0, 0.1) is 5.92 Å². The molecule has 2 atom stereocenters. The van der Waals surface area contributed by atoms with E-state index in [1.54, 1.807) is 36.4 Å². The van der Waals surface area contributed by atoms with Crippen molar-refractivity contribution < 1.29 is 32.6 Å². The summed E-state index contributed by atoms with van der Waals surface area (Å²) in [6.07, 6.45) is -2.25. The Labute approximate surface area is 229 Å². The molecule has 11 heteroatoms. The maximum absolute atomic E-state index is 12.9. The number of aliphatic carboxylic acids is 1. The maximum Gasteiger partial charge on any atom is 0.416 e. The van der Waals surface area contributed by atoms with Gasteiger partial charge >= 0.3 is 12.1 Å². The van der Waals surface area contributed by atoms with E-state index in [0.29, 0.717) is 29.2 Å². The third-order valence-corrected chi connectivity index (χ3v) is 6.52. The Balaban J connectivity index is 1.61. The summed E-state index contributed by atoms with van der Waals surface area (Å²) in [5, 5.41) is 14.6. The van der Waals surface area contributed by atoms with Gasteiger partial charge in [0.15, 0.2) is 0 Å². The molecule has 7 nitrogen and oxygen atoms in total. The second kappa shape index (κ2) is 13.3. The lowest BCUT2D eigenvalue weighted by atomic mass is 9.99. The molecule has 0 saturated heterocycles. The lowest BCUT2D eigenvalue weighted by Crippen LogP contribution is -2.33. The van der Waals surface area contributed by atoms with Gasteiger partial charge in [0.1, 0.15) is 6.61 Å². The quantitative estimate of drug-likeness (QED) is 0.232. The van der Waals surface area contributed by atoms with Gasteiger partial charge in [0.25, 0.3) is 5.91 Å². The van der Waals surface area contributed by atoms with Crippen molar-refractivity contribution in [2.75, 3.05) is 18.5 Å². The van der Waals surface area contributed by atoms with Crippen LogP contribution >= 0.6 is 11.6 Å². The molecule has 1 amide bonds. The number of hydrogen-bond acceptors (Lipinski definition) is 5. The van der Waals surface area contributed by atoms with Crippen molar-refractivity contribution in [2.45, 2.75) is 38.9 Å². The van der Waals surface area contributed by atoms with E-state index in [-0.39, 0.29) is 35.9 Å². The minimum atomic E-state index is -4.47. The van der Waals surface area contributed by atoms with Gasteiger partial charge in [0.05, 0.1) is 18.0 Å². The average Bonchev–Trinajstić information content (AvgIpc) is 2.90. The van der Waals surface area contributed by atoms with Crippen molar-refractivity contribution in [3.05, 3.63) is 76.9 Å². The normalized spacial score (nSPS) is 12.9. The van der Waals surface area contributed by atoms with Crippen LogP contribution in [0.2, 0.25) is 5.02 Å². The highest BCUT2D eigenvalue weighted by molar-refractivity contribution is 6.33. The first-order valence-corrected chi connectivity index (χ1v) is 12.7. The van der Waals surface area contributed by atoms with Crippen molar-refractivity contribution >= 4 is 29.2 Å². The molecule has 2 aromatic carbocycles. The van der Waals surface area contributed by atoms with Crippen molar-refractivity contribution in [2.24, 2.45) is 5.92 Å². The Hall–Kier alpha value is -3.79. The van der Waals surface area contributed by atoms with Crippen LogP contribution in [0.4, 0.5) is 18.9 Å². The number of carbonyl (C=O) groups excluding carboxylic acids is 1. The number of carboxylic acid groups (broad SMARTS) is 1. The Bertz CT molecular complexity index is 1270. The van der Waals surface area contributed by atoms with Crippen molar-refractivity contribution in [3.63, 3.8) is 0 Å². The molecular weight excluding hydrogens is 535 g/mol. The average molecular weight is 564 g/mol. The van der Waals surface area contributed by atoms with Crippen LogP contribution in [0.1, 0.15) is 42.6 Å². The lowest BCUT2D eigenvalue weighted by molar-refractivity contribution is -0.138. The number of carbonyl (C=O) groups is 2. The maximum atomic E-state index is 12.9.